The molecule has 0 fully saturated rings. The van der Waals surface area contributed by atoms with Gasteiger partial charge < -0.3 is 19.9 Å². The van der Waals surface area contributed by atoms with Crippen LogP contribution in [-0.2, 0) is 16.1 Å². The number of rotatable bonds is 5. The van der Waals surface area contributed by atoms with Crippen LogP contribution in [0, 0.1) is 26.1 Å². The first-order valence-electron chi connectivity index (χ1n) is 10.8. The Morgan fingerprint density at radius 2 is 2.09 bits per heavy atom. The van der Waals surface area contributed by atoms with Crippen molar-refractivity contribution in [3.63, 3.8) is 0 Å². The molecule has 1 aliphatic carbocycles. The summed E-state index contributed by atoms with van der Waals surface area (Å²) in [5, 5.41) is 10.1. The first-order valence-corrected chi connectivity index (χ1v) is 12.3. The molecule has 0 saturated carbocycles. The number of Topliss-reactive ketones (excluding diaryl/α,β-unsaturated/α-hetero) is 1. The van der Waals surface area contributed by atoms with Gasteiger partial charge in [-0.15, -0.1) is 0 Å². The highest BCUT2D eigenvalue weighted by Crippen LogP contribution is 2.49. The minimum absolute atomic E-state index is 0.00903. The smallest absolute Gasteiger partial charge is 0.205 e. The number of hydrogen-bond acceptors (Lipinski definition) is 6. The molecule has 2 N–H and O–H groups in total. The Morgan fingerprint density at radius 3 is 2.74 bits per heavy atom. The number of nitrogens with zero attached hydrogens (tertiary/aromatic N) is 1. The second-order valence-electron chi connectivity index (χ2n) is 9.23. The van der Waals surface area contributed by atoms with Crippen molar-refractivity contribution in [3.8, 4) is 17.6 Å². The number of carbonyl (C=O) groups is 1. The molecule has 0 aromatic heterocycles. The van der Waals surface area contributed by atoms with Crippen LogP contribution in [0.25, 0.3) is 0 Å². The van der Waals surface area contributed by atoms with Crippen LogP contribution in [0.5, 0.6) is 11.5 Å². The predicted molar refractivity (Wildman–Crippen MR) is 137 cm³/mol. The van der Waals surface area contributed by atoms with Gasteiger partial charge in [-0.25, -0.2) is 4.39 Å². The number of nitriles is 1. The minimum Gasteiger partial charge on any atom is -0.493 e. The summed E-state index contributed by atoms with van der Waals surface area (Å²) < 4.78 is 32.1. The molecular formula is C26H23ClFIN2O4. The molecule has 2 aromatic rings. The summed E-state index contributed by atoms with van der Waals surface area (Å²) in [5.74, 6) is 0.00976. The van der Waals surface area contributed by atoms with E-state index < -0.39 is 11.7 Å². The van der Waals surface area contributed by atoms with Crippen molar-refractivity contribution >= 4 is 40.0 Å². The monoisotopic (exact) mass is 608 g/mol. The van der Waals surface area contributed by atoms with E-state index in [9.17, 15) is 14.4 Å². The molecule has 35 heavy (non-hydrogen) atoms. The number of benzene rings is 2. The number of ketones is 1. The largest absolute Gasteiger partial charge is 0.493 e. The third-order valence-corrected chi connectivity index (χ3v) is 7.24. The van der Waals surface area contributed by atoms with Crippen LogP contribution in [0.15, 0.2) is 53.1 Å². The van der Waals surface area contributed by atoms with Gasteiger partial charge in [0.05, 0.1) is 21.6 Å². The molecule has 1 heterocycles. The predicted octanol–water partition coefficient (Wildman–Crippen LogP) is 6.12. The topological polar surface area (TPSA) is 94.6 Å². The number of hydrogen-bond donors (Lipinski definition) is 1. The molecule has 0 radical (unpaired) electrons. The zero-order valence-electron chi connectivity index (χ0n) is 19.4. The van der Waals surface area contributed by atoms with Crippen molar-refractivity contribution in [1.82, 2.24) is 0 Å². The van der Waals surface area contributed by atoms with Crippen LogP contribution < -0.4 is 15.2 Å². The summed E-state index contributed by atoms with van der Waals surface area (Å²) in [5.41, 5.74) is 7.33. The van der Waals surface area contributed by atoms with E-state index in [0.717, 1.165) is 0 Å². The highest BCUT2D eigenvalue weighted by molar-refractivity contribution is 14.1. The fraction of sp³-hybridized carbons (Fsp3) is 0.308. The average molecular weight is 609 g/mol. The molecule has 0 spiro atoms. The Hall–Kier alpha value is -2.77. The molecule has 2 aromatic carbocycles. The van der Waals surface area contributed by atoms with Crippen LogP contribution in [0.3, 0.4) is 0 Å². The van der Waals surface area contributed by atoms with E-state index in [1.807, 2.05) is 13.8 Å². The molecule has 182 valence electrons. The number of allylic oxidation sites excluding steroid dienone is 3. The summed E-state index contributed by atoms with van der Waals surface area (Å²) in [6.07, 6.45) is 0.867. The quantitative estimate of drug-likeness (QED) is 0.411. The summed E-state index contributed by atoms with van der Waals surface area (Å²) >= 11 is 8.21. The van der Waals surface area contributed by atoms with Crippen LogP contribution in [-0.4, -0.2) is 12.9 Å². The third-order valence-electron chi connectivity index (χ3n) is 6.08. The Bertz CT molecular complexity index is 1310. The molecule has 1 unspecified atom stereocenters. The van der Waals surface area contributed by atoms with Crippen molar-refractivity contribution in [2.24, 2.45) is 11.1 Å². The van der Waals surface area contributed by atoms with E-state index in [4.69, 9.17) is 31.5 Å². The molecule has 4 rings (SSSR count). The van der Waals surface area contributed by atoms with Gasteiger partial charge in [0, 0.05) is 24.0 Å². The maximum atomic E-state index is 14.2. The first kappa shape index (κ1) is 25.3. The van der Waals surface area contributed by atoms with Crippen molar-refractivity contribution in [2.45, 2.75) is 39.2 Å². The number of carbonyl (C=O) groups excluding carboxylic acids is 1. The lowest BCUT2D eigenvalue weighted by Crippen LogP contribution is -2.33. The Balaban J connectivity index is 1.77. The van der Waals surface area contributed by atoms with E-state index in [2.05, 4.69) is 28.7 Å². The fourth-order valence-corrected chi connectivity index (χ4v) is 5.48. The van der Waals surface area contributed by atoms with E-state index in [-0.39, 0.29) is 39.8 Å². The summed E-state index contributed by atoms with van der Waals surface area (Å²) in [6.45, 7) is 3.88. The molecule has 1 atom stereocenters. The van der Waals surface area contributed by atoms with Gasteiger partial charge in [-0.2, -0.15) is 5.26 Å². The lowest BCUT2D eigenvalue weighted by Gasteiger charge is -2.37. The zero-order valence-corrected chi connectivity index (χ0v) is 22.3. The average Bonchev–Trinajstić information content (AvgIpc) is 2.77. The highest BCUT2D eigenvalue weighted by atomic mass is 127. The molecule has 1 aliphatic heterocycles. The molecule has 0 saturated heterocycles. The van der Waals surface area contributed by atoms with Crippen LogP contribution in [0.2, 0.25) is 5.02 Å². The summed E-state index contributed by atoms with van der Waals surface area (Å²) in [6, 6.07) is 10.1. The third kappa shape index (κ3) is 4.84. The van der Waals surface area contributed by atoms with Gasteiger partial charge in [-0.3, -0.25) is 4.79 Å². The highest BCUT2D eigenvalue weighted by Gasteiger charge is 2.43. The first-order chi connectivity index (χ1) is 16.6. The van der Waals surface area contributed by atoms with E-state index in [1.54, 1.807) is 18.2 Å². The molecule has 6 nitrogen and oxygen atoms in total. The lowest BCUT2D eigenvalue weighted by molar-refractivity contribution is -0.119. The minimum atomic E-state index is -0.690. The number of nitrogens with two attached hydrogens (primary N) is 1. The Kier molecular flexibility index (Phi) is 7.02. The van der Waals surface area contributed by atoms with Crippen molar-refractivity contribution in [3.05, 3.63) is 78.7 Å². The van der Waals surface area contributed by atoms with Gasteiger partial charge in [0.1, 0.15) is 29.8 Å². The van der Waals surface area contributed by atoms with Crippen molar-refractivity contribution in [1.29, 1.82) is 5.26 Å². The molecule has 2 aliphatic rings. The Morgan fingerprint density at radius 1 is 1.34 bits per heavy atom. The van der Waals surface area contributed by atoms with Gasteiger partial charge >= 0.3 is 0 Å². The summed E-state index contributed by atoms with van der Waals surface area (Å²) in [7, 11) is 1.48. The standard InChI is InChI=1S/C26H23ClFIN2O4/c1-26(2)9-19(32)23-21(10-26)35-25(31)14(11-30)22(23)13-7-18(29)24(20(8-13)33-3)34-12-15-16(27)5-4-6-17(15)28/h4-8,22H,9-10,12,31H2,1-3H3. The molecule has 9 heteroatoms. The van der Waals surface area contributed by atoms with Crippen molar-refractivity contribution in [2.75, 3.05) is 7.11 Å². The molecular weight excluding hydrogens is 586 g/mol. The zero-order chi connectivity index (χ0) is 25.5. The maximum absolute atomic E-state index is 14.2. The number of methoxy groups -OCH3 is 1. The van der Waals surface area contributed by atoms with Gasteiger partial charge in [0.2, 0.25) is 5.88 Å². The van der Waals surface area contributed by atoms with Crippen molar-refractivity contribution < 1.29 is 23.4 Å². The van der Waals surface area contributed by atoms with Gasteiger partial charge in [-0.05, 0) is 57.8 Å². The number of halogens is 3. The van der Waals surface area contributed by atoms with Crippen LogP contribution in [0.4, 0.5) is 4.39 Å². The fourth-order valence-electron chi connectivity index (χ4n) is 4.48. The molecule has 0 bridgehead atoms. The van der Waals surface area contributed by atoms with Gasteiger partial charge in [0.15, 0.2) is 17.3 Å². The summed E-state index contributed by atoms with van der Waals surface area (Å²) in [4.78, 5) is 13.2. The van der Waals surface area contributed by atoms with Gasteiger partial charge in [-0.1, -0.05) is 31.5 Å². The van der Waals surface area contributed by atoms with E-state index in [0.29, 0.717) is 44.8 Å². The van der Waals surface area contributed by atoms with E-state index >= 15 is 0 Å². The second-order valence-corrected chi connectivity index (χ2v) is 10.8. The lowest BCUT2D eigenvalue weighted by atomic mass is 9.70. The second kappa shape index (κ2) is 9.70. The van der Waals surface area contributed by atoms with E-state index in [1.165, 1.54) is 19.2 Å². The Labute approximate surface area is 221 Å². The number of ether oxygens (including phenoxy) is 3. The normalized spacial score (nSPS) is 19.1. The van der Waals surface area contributed by atoms with Gasteiger partial charge in [0.25, 0.3) is 0 Å². The maximum Gasteiger partial charge on any atom is 0.205 e. The SMILES string of the molecule is COc1cc(C2C(C#N)=C(N)OC3=C2C(=O)CC(C)(C)C3)cc(I)c1OCc1c(F)cccc1Cl. The molecule has 0 amide bonds. The van der Waals surface area contributed by atoms with Crippen LogP contribution in [0.1, 0.15) is 43.7 Å². The van der Waals surface area contributed by atoms with Crippen LogP contribution >= 0.6 is 34.2 Å².